The number of phenols is 1. The van der Waals surface area contributed by atoms with Gasteiger partial charge in [-0.25, -0.2) is 4.79 Å². The van der Waals surface area contributed by atoms with E-state index in [1.54, 1.807) is 12.1 Å². The van der Waals surface area contributed by atoms with Gasteiger partial charge in [0.25, 0.3) is 0 Å². The van der Waals surface area contributed by atoms with E-state index in [4.69, 9.17) is 5.11 Å². The molecule has 0 saturated carbocycles. The third-order valence-electron chi connectivity index (χ3n) is 7.04. The van der Waals surface area contributed by atoms with Crippen molar-refractivity contribution in [1.82, 2.24) is 0 Å². The smallest absolute Gasteiger partial charge is 0.328 e. The van der Waals surface area contributed by atoms with Gasteiger partial charge in [0.05, 0.1) is 5.54 Å². The second kappa shape index (κ2) is 9.14. The lowest BCUT2D eigenvalue weighted by molar-refractivity contribution is -0.131. The van der Waals surface area contributed by atoms with E-state index in [9.17, 15) is 9.90 Å². The molecule has 1 heterocycles. The maximum absolute atomic E-state index is 10.9. The van der Waals surface area contributed by atoms with Crippen LogP contribution in [0.4, 0.5) is 5.69 Å². The van der Waals surface area contributed by atoms with Gasteiger partial charge in [-0.1, -0.05) is 56.3 Å². The molecule has 0 saturated heterocycles. The molecule has 4 heteroatoms. The Balaban J connectivity index is 1.80. The van der Waals surface area contributed by atoms with Gasteiger partial charge in [0.2, 0.25) is 0 Å². The van der Waals surface area contributed by atoms with Gasteiger partial charge in [0.1, 0.15) is 5.75 Å². The van der Waals surface area contributed by atoms with Crippen LogP contribution < -0.4 is 4.90 Å². The summed E-state index contributed by atoms with van der Waals surface area (Å²) < 4.78 is 0. The number of hydrogen-bond acceptors (Lipinski definition) is 3. The molecule has 170 valence electrons. The number of benzene rings is 3. The molecule has 2 unspecified atom stereocenters. The highest BCUT2D eigenvalue weighted by Gasteiger charge is 2.40. The quantitative estimate of drug-likeness (QED) is 0.439. The van der Waals surface area contributed by atoms with Crippen LogP contribution in [0.1, 0.15) is 60.9 Å². The monoisotopic (exact) mass is 441 g/mol. The van der Waals surface area contributed by atoms with E-state index in [-0.39, 0.29) is 5.75 Å². The molecule has 2 N–H and O–H groups in total. The van der Waals surface area contributed by atoms with E-state index in [2.05, 4.69) is 62.1 Å². The second-order valence-corrected chi connectivity index (χ2v) is 9.01. The molecular weight excluding hydrogens is 410 g/mol. The molecule has 0 bridgehead atoms. The van der Waals surface area contributed by atoms with Crippen LogP contribution in [0.3, 0.4) is 0 Å². The van der Waals surface area contributed by atoms with E-state index >= 15 is 0 Å². The predicted molar refractivity (Wildman–Crippen MR) is 134 cm³/mol. The minimum Gasteiger partial charge on any atom is -0.508 e. The van der Waals surface area contributed by atoms with Crippen LogP contribution in [0.25, 0.3) is 6.08 Å². The van der Waals surface area contributed by atoms with Crippen molar-refractivity contribution in [2.45, 2.75) is 45.1 Å². The molecule has 0 fully saturated rings. The number of carboxylic acids is 1. The normalized spacial score (nSPS) is 18.8. The van der Waals surface area contributed by atoms with Crippen LogP contribution in [0.2, 0.25) is 0 Å². The molecule has 3 aromatic rings. The van der Waals surface area contributed by atoms with Gasteiger partial charge in [-0.05, 0) is 83.8 Å². The highest BCUT2D eigenvalue weighted by atomic mass is 16.4. The molecule has 2 atom stereocenters. The Morgan fingerprint density at radius 3 is 2.42 bits per heavy atom. The number of rotatable bonds is 6. The van der Waals surface area contributed by atoms with E-state index in [0.29, 0.717) is 5.92 Å². The largest absolute Gasteiger partial charge is 0.508 e. The van der Waals surface area contributed by atoms with Crippen LogP contribution in [-0.2, 0) is 16.8 Å². The zero-order valence-electron chi connectivity index (χ0n) is 19.5. The van der Waals surface area contributed by atoms with Crippen molar-refractivity contribution in [3.63, 3.8) is 0 Å². The zero-order valence-corrected chi connectivity index (χ0v) is 19.5. The number of carboxylic acid groups (broad SMARTS) is 1. The van der Waals surface area contributed by atoms with Crippen LogP contribution >= 0.6 is 0 Å². The topological polar surface area (TPSA) is 60.8 Å². The summed E-state index contributed by atoms with van der Waals surface area (Å²) in [5.74, 6) is -0.141. The molecule has 1 aliphatic heterocycles. The maximum atomic E-state index is 10.9. The number of anilines is 1. The SMILES string of the molecule is CCC(C)c1ccc(N2CCc3cc(O)ccc3C2(C)c2ccc(C=CC(=O)O)cc2)cc1. The zero-order chi connectivity index (χ0) is 23.6. The summed E-state index contributed by atoms with van der Waals surface area (Å²) in [6, 6.07) is 22.6. The van der Waals surface area contributed by atoms with Gasteiger partial charge in [-0.2, -0.15) is 0 Å². The van der Waals surface area contributed by atoms with Crippen molar-refractivity contribution in [1.29, 1.82) is 0 Å². The lowest BCUT2D eigenvalue weighted by Gasteiger charge is -2.48. The molecule has 1 aliphatic rings. The third kappa shape index (κ3) is 4.38. The van der Waals surface area contributed by atoms with Crippen molar-refractivity contribution in [3.05, 3.63) is 101 Å². The number of aliphatic carboxylic acids is 1. The lowest BCUT2D eigenvalue weighted by Crippen LogP contribution is -2.49. The Labute approximate surface area is 195 Å². The van der Waals surface area contributed by atoms with Gasteiger partial charge < -0.3 is 15.1 Å². The van der Waals surface area contributed by atoms with Gasteiger partial charge in [-0.3, -0.25) is 0 Å². The summed E-state index contributed by atoms with van der Waals surface area (Å²) in [6.07, 6.45) is 4.72. The van der Waals surface area contributed by atoms with Crippen LogP contribution in [0.5, 0.6) is 5.75 Å². The molecular formula is C29H31NO3. The number of aromatic hydroxyl groups is 1. The first-order chi connectivity index (χ1) is 15.8. The minimum absolute atomic E-state index is 0.289. The van der Waals surface area contributed by atoms with Gasteiger partial charge in [-0.15, -0.1) is 0 Å². The van der Waals surface area contributed by atoms with Gasteiger partial charge in [0.15, 0.2) is 0 Å². The molecule has 4 rings (SSSR count). The molecule has 0 aromatic heterocycles. The van der Waals surface area contributed by atoms with E-state index in [1.165, 1.54) is 11.1 Å². The second-order valence-electron chi connectivity index (χ2n) is 9.01. The summed E-state index contributed by atoms with van der Waals surface area (Å²) in [5.41, 5.74) is 6.36. The molecule has 3 aromatic carbocycles. The number of carbonyl (C=O) groups is 1. The molecule has 4 nitrogen and oxygen atoms in total. The van der Waals surface area contributed by atoms with E-state index in [1.807, 2.05) is 24.3 Å². The van der Waals surface area contributed by atoms with Crippen LogP contribution in [-0.4, -0.2) is 22.7 Å². The van der Waals surface area contributed by atoms with Crippen molar-refractivity contribution >= 4 is 17.7 Å². The highest BCUT2D eigenvalue weighted by Crippen LogP contribution is 2.44. The van der Waals surface area contributed by atoms with Crippen LogP contribution in [0.15, 0.2) is 72.8 Å². The maximum Gasteiger partial charge on any atom is 0.328 e. The standard InChI is InChI=1S/C29H31NO3/c1-4-20(2)22-8-12-25(13-9-22)30-18-17-23-19-26(31)14-15-27(23)29(30,3)24-10-5-21(6-11-24)7-16-28(32)33/h5-16,19-20,31H,4,17-18H2,1-3H3,(H,32,33). The lowest BCUT2D eigenvalue weighted by atomic mass is 9.76. The predicted octanol–water partition coefficient (Wildman–Crippen LogP) is 6.33. The molecule has 33 heavy (non-hydrogen) atoms. The number of hydrogen-bond donors (Lipinski definition) is 2. The van der Waals surface area contributed by atoms with Gasteiger partial charge in [0, 0.05) is 18.3 Å². The summed E-state index contributed by atoms with van der Waals surface area (Å²) >= 11 is 0. The average Bonchev–Trinajstić information content (AvgIpc) is 2.82. The molecule has 0 amide bonds. The summed E-state index contributed by atoms with van der Waals surface area (Å²) in [6.45, 7) is 7.52. The number of nitrogens with zero attached hydrogens (tertiary/aromatic N) is 1. The number of fused-ring (bicyclic) bond motifs is 1. The average molecular weight is 442 g/mol. The fourth-order valence-electron chi connectivity index (χ4n) is 4.87. The van der Waals surface area contributed by atoms with Crippen molar-refractivity contribution in [3.8, 4) is 5.75 Å². The fourth-order valence-corrected chi connectivity index (χ4v) is 4.87. The Hall–Kier alpha value is -3.53. The van der Waals surface area contributed by atoms with Crippen molar-refractivity contribution < 1.29 is 15.0 Å². The third-order valence-corrected chi connectivity index (χ3v) is 7.04. The van der Waals surface area contributed by atoms with Crippen LogP contribution in [0, 0.1) is 0 Å². The summed E-state index contributed by atoms with van der Waals surface area (Å²) in [7, 11) is 0. The number of phenolic OH excluding ortho intramolecular Hbond substituents is 1. The summed E-state index contributed by atoms with van der Waals surface area (Å²) in [4.78, 5) is 13.3. The fraction of sp³-hybridized carbons (Fsp3) is 0.276. The highest BCUT2D eigenvalue weighted by molar-refractivity contribution is 5.85. The first kappa shape index (κ1) is 22.7. The van der Waals surface area contributed by atoms with Crippen molar-refractivity contribution in [2.24, 2.45) is 0 Å². The van der Waals surface area contributed by atoms with E-state index in [0.717, 1.165) is 47.8 Å². The molecule has 0 spiro atoms. The first-order valence-electron chi connectivity index (χ1n) is 11.5. The minimum atomic E-state index is -0.959. The summed E-state index contributed by atoms with van der Waals surface area (Å²) in [5, 5.41) is 19.0. The Morgan fingerprint density at radius 2 is 1.79 bits per heavy atom. The van der Waals surface area contributed by atoms with Gasteiger partial charge >= 0.3 is 5.97 Å². The molecule has 0 radical (unpaired) electrons. The first-order valence-corrected chi connectivity index (χ1v) is 11.5. The Kier molecular flexibility index (Phi) is 6.28. The Morgan fingerprint density at radius 1 is 1.09 bits per heavy atom. The van der Waals surface area contributed by atoms with E-state index < -0.39 is 11.5 Å². The molecule has 0 aliphatic carbocycles. The Bertz CT molecular complexity index is 1160. The van der Waals surface area contributed by atoms with Crippen molar-refractivity contribution in [2.75, 3.05) is 11.4 Å².